The maximum atomic E-state index is 11.9. The zero-order chi connectivity index (χ0) is 13.2. The molecule has 0 aromatic rings. The fourth-order valence-electron chi connectivity index (χ4n) is 1.79. The minimum Gasteiger partial charge on any atom is -0.372 e. The molecule has 0 N–H and O–H groups in total. The van der Waals surface area contributed by atoms with Gasteiger partial charge in [0.2, 0.25) is 15.9 Å². The first-order chi connectivity index (χ1) is 7.70. The second-order valence-electron chi connectivity index (χ2n) is 4.58. The number of rotatable bonds is 3. The molecule has 0 aromatic heterocycles. The predicted molar refractivity (Wildman–Crippen MR) is 64.1 cm³/mol. The van der Waals surface area contributed by atoms with Gasteiger partial charge in [0.05, 0.1) is 25.0 Å². The summed E-state index contributed by atoms with van der Waals surface area (Å²) in [5, 5.41) is 0. The number of morpholine rings is 1. The highest BCUT2D eigenvalue weighted by Crippen LogP contribution is 2.11. The van der Waals surface area contributed by atoms with Crippen LogP contribution in [-0.4, -0.2) is 68.7 Å². The van der Waals surface area contributed by atoms with Crippen molar-refractivity contribution in [2.45, 2.75) is 26.1 Å². The zero-order valence-corrected chi connectivity index (χ0v) is 11.5. The third kappa shape index (κ3) is 4.25. The lowest BCUT2D eigenvalue weighted by atomic mass is 10.2. The van der Waals surface area contributed by atoms with Gasteiger partial charge < -0.3 is 9.64 Å². The van der Waals surface area contributed by atoms with Gasteiger partial charge in [0, 0.05) is 20.1 Å². The van der Waals surface area contributed by atoms with Crippen LogP contribution >= 0.6 is 0 Å². The Balaban J connectivity index is 2.59. The number of amides is 1. The first-order valence-corrected chi connectivity index (χ1v) is 7.39. The average molecular weight is 264 g/mol. The predicted octanol–water partition coefficient (Wildman–Crippen LogP) is -0.486. The van der Waals surface area contributed by atoms with Crippen LogP contribution in [-0.2, 0) is 19.6 Å². The van der Waals surface area contributed by atoms with Crippen molar-refractivity contribution in [1.82, 2.24) is 9.21 Å². The molecule has 1 rings (SSSR count). The van der Waals surface area contributed by atoms with Crippen molar-refractivity contribution in [3.05, 3.63) is 0 Å². The Morgan fingerprint density at radius 2 is 1.82 bits per heavy atom. The van der Waals surface area contributed by atoms with E-state index in [-0.39, 0.29) is 24.7 Å². The van der Waals surface area contributed by atoms with E-state index in [1.807, 2.05) is 13.8 Å². The third-order valence-corrected chi connectivity index (χ3v) is 3.96. The number of hydrogen-bond acceptors (Lipinski definition) is 4. The number of sulfonamides is 1. The van der Waals surface area contributed by atoms with Gasteiger partial charge in [-0.15, -0.1) is 0 Å². The summed E-state index contributed by atoms with van der Waals surface area (Å²) in [7, 11) is -1.91. The molecule has 1 aliphatic heterocycles. The summed E-state index contributed by atoms with van der Waals surface area (Å²) in [4.78, 5) is 13.6. The van der Waals surface area contributed by atoms with Crippen LogP contribution in [0.15, 0.2) is 0 Å². The van der Waals surface area contributed by atoms with Crippen LogP contribution in [0.2, 0.25) is 0 Å². The van der Waals surface area contributed by atoms with Crippen molar-refractivity contribution >= 4 is 15.9 Å². The van der Waals surface area contributed by atoms with Gasteiger partial charge in [0.1, 0.15) is 0 Å². The highest BCUT2D eigenvalue weighted by Gasteiger charge is 2.27. The van der Waals surface area contributed by atoms with Crippen LogP contribution in [0.4, 0.5) is 0 Å². The van der Waals surface area contributed by atoms with E-state index in [0.717, 1.165) is 10.6 Å². The molecular weight excluding hydrogens is 244 g/mol. The van der Waals surface area contributed by atoms with Gasteiger partial charge in [-0.2, -0.15) is 4.31 Å². The number of carbonyl (C=O) groups is 1. The highest BCUT2D eigenvalue weighted by molar-refractivity contribution is 7.88. The second-order valence-corrected chi connectivity index (χ2v) is 6.66. The average Bonchev–Trinajstić information content (AvgIpc) is 2.14. The maximum absolute atomic E-state index is 11.9. The number of likely N-dealkylation sites (N-methyl/N-ethyl adjacent to an activating group) is 1. The van der Waals surface area contributed by atoms with E-state index in [1.54, 1.807) is 4.90 Å². The van der Waals surface area contributed by atoms with E-state index >= 15 is 0 Å². The molecule has 0 saturated carbocycles. The number of hydrogen-bond donors (Lipinski definition) is 0. The van der Waals surface area contributed by atoms with E-state index in [4.69, 9.17) is 4.74 Å². The summed E-state index contributed by atoms with van der Waals surface area (Å²) in [5.74, 6) is -0.181. The number of ether oxygens (including phenoxy) is 1. The van der Waals surface area contributed by atoms with Crippen molar-refractivity contribution < 1.29 is 17.9 Å². The van der Waals surface area contributed by atoms with E-state index in [1.165, 1.54) is 7.05 Å². The normalized spacial score (nSPS) is 26.3. The van der Waals surface area contributed by atoms with Gasteiger partial charge in [0.15, 0.2) is 0 Å². The zero-order valence-electron chi connectivity index (χ0n) is 10.7. The summed E-state index contributed by atoms with van der Waals surface area (Å²) in [6.45, 7) is 4.71. The lowest BCUT2D eigenvalue weighted by molar-refractivity contribution is -0.143. The monoisotopic (exact) mass is 264 g/mol. The minimum absolute atomic E-state index is 0.00811. The van der Waals surface area contributed by atoms with Gasteiger partial charge in [-0.1, -0.05) is 0 Å². The molecule has 0 aromatic carbocycles. The van der Waals surface area contributed by atoms with Crippen LogP contribution in [0.25, 0.3) is 0 Å². The molecule has 1 saturated heterocycles. The van der Waals surface area contributed by atoms with Crippen LogP contribution in [0, 0.1) is 0 Å². The highest BCUT2D eigenvalue weighted by atomic mass is 32.2. The molecule has 0 bridgehead atoms. The van der Waals surface area contributed by atoms with Crippen molar-refractivity contribution in [1.29, 1.82) is 0 Å². The summed E-state index contributed by atoms with van der Waals surface area (Å²) in [5.41, 5.74) is 0. The van der Waals surface area contributed by atoms with Crippen LogP contribution in [0.3, 0.4) is 0 Å². The first-order valence-electron chi connectivity index (χ1n) is 5.54. The molecule has 1 heterocycles. The second kappa shape index (κ2) is 5.32. The molecule has 1 aliphatic rings. The summed E-state index contributed by atoms with van der Waals surface area (Å²) in [6.07, 6.45) is 1.07. The molecule has 0 unspecified atom stereocenters. The Labute approximate surface area is 103 Å². The number of carbonyl (C=O) groups excluding carboxylic acids is 1. The molecule has 0 radical (unpaired) electrons. The van der Waals surface area contributed by atoms with Crippen molar-refractivity contribution in [3.63, 3.8) is 0 Å². The molecular formula is C10H20N2O4S. The molecule has 0 spiro atoms. The smallest absolute Gasteiger partial charge is 0.238 e. The molecule has 6 nitrogen and oxygen atoms in total. The van der Waals surface area contributed by atoms with Gasteiger partial charge in [-0.05, 0) is 13.8 Å². The van der Waals surface area contributed by atoms with Gasteiger partial charge >= 0.3 is 0 Å². The molecule has 17 heavy (non-hydrogen) atoms. The lowest BCUT2D eigenvalue weighted by Gasteiger charge is -2.35. The fraction of sp³-hybridized carbons (Fsp3) is 0.900. The Kier molecular flexibility index (Phi) is 4.51. The Hall–Kier alpha value is -0.660. The van der Waals surface area contributed by atoms with E-state index in [0.29, 0.717) is 13.1 Å². The van der Waals surface area contributed by atoms with Gasteiger partial charge in [-0.25, -0.2) is 8.42 Å². The standard InChI is InChI=1S/C10H20N2O4S/c1-8-5-12(6-9(2)16-8)10(13)7-11(3)17(4,14)15/h8-9H,5-7H2,1-4H3/t8-,9+. The molecule has 100 valence electrons. The van der Waals surface area contributed by atoms with Crippen molar-refractivity contribution in [2.75, 3.05) is 32.9 Å². The minimum atomic E-state index is -3.31. The summed E-state index contributed by atoms with van der Waals surface area (Å²) < 4.78 is 29.0. The maximum Gasteiger partial charge on any atom is 0.238 e. The van der Waals surface area contributed by atoms with Crippen LogP contribution < -0.4 is 0 Å². The molecule has 2 atom stereocenters. The van der Waals surface area contributed by atoms with Crippen LogP contribution in [0.5, 0.6) is 0 Å². The fourth-order valence-corrected chi connectivity index (χ4v) is 2.13. The quantitative estimate of drug-likeness (QED) is 0.690. The van der Waals surface area contributed by atoms with Crippen molar-refractivity contribution in [2.24, 2.45) is 0 Å². The largest absolute Gasteiger partial charge is 0.372 e. The number of nitrogens with zero attached hydrogens (tertiary/aromatic N) is 2. The third-order valence-electron chi connectivity index (χ3n) is 2.70. The van der Waals surface area contributed by atoms with Crippen molar-refractivity contribution in [3.8, 4) is 0 Å². The SMILES string of the molecule is C[C@@H]1CN(C(=O)CN(C)S(C)(=O)=O)C[C@H](C)O1. The Morgan fingerprint density at radius 1 is 1.35 bits per heavy atom. The Morgan fingerprint density at radius 3 is 2.24 bits per heavy atom. The Bertz CT molecular complexity index is 372. The van der Waals surface area contributed by atoms with E-state index in [9.17, 15) is 13.2 Å². The molecule has 1 fully saturated rings. The van der Waals surface area contributed by atoms with Crippen LogP contribution in [0.1, 0.15) is 13.8 Å². The summed E-state index contributed by atoms with van der Waals surface area (Å²) >= 11 is 0. The molecule has 7 heteroatoms. The van der Waals surface area contributed by atoms with Gasteiger partial charge in [0.25, 0.3) is 0 Å². The topological polar surface area (TPSA) is 66.9 Å². The van der Waals surface area contributed by atoms with E-state index < -0.39 is 10.0 Å². The van der Waals surface area contributed by atoms with E-state index in [2.05, 4.69) is 0 Å². The first kappa shape index (κ1) is 14.4. The molecule has 1 amide bonds. The lowest BCUT2D eigenvalue weighted by Crippen LogP contribution is -2.51. The molecule has 0 aliphatic carbocycles. The summed E-state index contributed by atoms with van der Waals surface area (Å²) in [6, 6.07) is 0. The van der Waals surface area contributed by atoms with Gasteiger partial charge in [-0.3, -0.25) is 4.79 Å².